The van der Waals surface area contributed by atoms with Gasteiger partial charge in [-0.2, -0.15) is 0 Å². The number of aliphatic hydroxyl groups excluding tert-OH is 1. The average Bonchev–Trinajstić information content (AvgIpc) is 2.41. The van der Waals surface area contributed by atoms with Gasteiger partial charge < -0.3 is 10.4 Å². The number of hydrogen-bond donors (Lipinski definition) is 2. The highest BCUT2D eigenvalue weighted by molar-refractivity contribution is 6.31. The second-order valence-corrected chi connectivity index (χ2v) is 5.13. The second-order valence-electron chi connectivity index (χ2n) is 4.29. The molecular formula is C15H15Cl2NO. The van der Waals surface area contributed by atoms with Gasteiger partial charge in [0.2, 0.25) is 0 Å². The van der Waals surface area contributed by atoms with E-state index >= 15 is 0 Å². The van der Waals surface area contributed by atoms with Crippen molar-refractivity contribution in [3.05, 3.63) is 69.7 Å². The fourth-order valence-corrected chi connectivity index (χ4v) is 2.12. The van der Waals surface area contributed by atoms with Gasteiger partial charge in [0.05, 0.1) is 6.10 Å². The third-order valence-corrected chi connectivity index (χ3v) is 3.49. The van der Waals surface area contributed by atoms with E-state index in [4.69, 9.17) is 23.2 Å². The molecule has 2 nitrogen and oxygen atoms in total. The predicted octanol–water partition coefficient (Wildman–Crippen LogP) is 3.82. The molecule has 2 N–H and O–H groups in total. The molecule has 0 fully saturated rings. The molecular weight excluding hydrogens is 281 g/mol. The van der Waals surface area contributed by atoms with Crippen molar-refractivity contribution in [2.45, 2.75) is 12.6 Å². The molecule has 0 aliphatic carbocycles. The van der Waals surface area contributed by atoms with E-state index in [9.17, 15) is 5.11 Å². The van der Waals surface area contributed by atoms with Crippen LogP contribution < -0.4 is 5.32 Å². The topological polar surface area (TPSA) is 32.3 Å². The number of aliphatic hydroxyl groups is 1. The summed E-state index contributed by atoms with van der Waals surface area (Å²) in [5, 5.41) is 14.6. The van der Waals surface area contributed by atoms with Gasteiger partial charge in [0.25, 0.3) is 0 Å². The van der Waals surface area contributed by atoms with Gasteiger partial charge >= 0.3 is 0 Å². The molecule has 0 aliphatic heterocycles. The van der Waals surface area contributed by atoms with Gasteiger partial charge in [-0.25, -0.2) is 0 Å². The Hall–Kier alpha value is -1.06. The highest BCUT2D eigenvalue weighted by Crippen LogP contribution is 2.17. The summed E-state index contributed by atoms with van der Waals surface area (Å²) in [6.07, 6.45) is -0.556. The van der Waals surface area contributed by atoms with Gasteiger partial charge in [0.1, 0.15) is 0 Å². The van der Waals surface area contributed by atoms with Crippen molar-refractivity contribution in [3.63, 3.8) is 0 Å². The van der Waals surface area contributed by atoms with E-state index in [0.29, 0.717) is 18.1 Å². The van der Waals surface area contributed by atoms with Gasteiger partial charge in [0.15, 0.2) is 0 Å². The van der Waals surface area contributed by atoms with Crippen LogP contribution in [0, 0.1) is 0 Å². The maximum Gasteiger partial charge on any atom is 0.0914 e. The first-order valence-electron chi connectivity index (χ1n) is 6.04. The highest BCUT2D eigenvalue weighted by atomic mass is 35.5. The SMILES string of the molecule is OC(CNCc1ccccc1Cl)c1ccc(Cl)cc1. The Morgan fingerprint density at radius 3 is 2.37 bits per heavy atom. The quantitative estimate of drug-likeness (QED) is 0.879. The zero-order valence-electron chi connectivity index (χ0n) is 10.3. The number of nitrogens with one attached hydrogen (secondary N) is 1. The lowest BCUT2D eigenvalue weighted by molar-refractivity contribution is 0.174. The fourth-order valence-electron chi connectivity index (χ4n) is 1.79. The van der Waals surface area contributed by atoms with E-state index in [1.165, 1.54) is 0 Å². The maximum absolute atomic E-state index is 10.0. The van der Waals surface area contributed by atoms with Crippen LogP contribution in [-0.4, -0.2) is 11.7 Å². The van der Waals surface area contributed by atoms with Crippen molar-refractivity contribution in [2.24, 2.45) is 0 Å². The van der Waals surface area contributed by atoms with Gasteiger partial charge in [-0.1, -0.05) is 53.5 Å². The van der Waals surface area contributed by atoms with Gasteiger partial charge in [-0.15, -0.1) is 0 Å². The van der Waals surface area contributed by atoms with E-state index in [1.807, 2.05) is 36.4 Å². The first kappa shape index (κ1) is 14.4. The number of benzene rings is 2. The molecule has 2 rings (SSSR count). The molecule has 0 aromatic heterocycles. The fraction of sp³-hybridized carbons (Fsp3) is 0.200. The first-order valence-corrected chi connectivity index (χ1v) is 6.80. The van der Waals surface area contributed by atoms with E-state index in [1.54, 1.807) is 12.1 Å². The van der Waals surface area contributed by atoms with Crippen molar-refractivity contribution in [1.29, 1.82) is 0 Å². The third kappa shape index (κ3) is 4.22. The molecule has 0 saturated carbocycles. The Kier molecular flexibility index (Phi) is 5.23. The Morgan fingerprint density at radius 1 is 1.00 bits per heavy atom. The van der Waals surface area contributed by atoms with Crippen LogP contribution in [0.3, 0.4) is 0 Å². The second kappa shape index (κ2) is 6.92. The van der Waals surface area contributed by atoms with Crippen LogP contribution in [0.5, 0.6) is 0 Å². The first-order chi connectivity index (χ1) is 9.16. The molecule has 0 heterocycles. The summed E-state index contributed by atoms with van der Waals surface area (Å²) in [6.45, 7) is 1.09. The number of rotatable bonds is 5. The highest BCUT2D eigenvalue weighted by Gasteiger charge is 2.07. The molecule has 0 radical (unpaired) electrons. The summed E-state index contributed by atoms with van der Waals surface area (Å²) in [5.74, 6) is 0. The van der Waals surface area contributed by atoms with Crippen LogP contribution in [0.2, 0.25) is 10.0 Å². The molecule has 2 aromatic carbocycles. The zero-order chi connectivity index (χ0) is 13.7. The van der Waals surface area contributed by atoms with Crippen LogP contribution >= 0.6 is 23.2 Å². The molecule has 2 aromatic rings. The minimum atomic E-state index is -0.556. The molecule has 0 saturated heterocycles. The summed E-state index contributed by atoms with van der Waals surface area (Å²) in [4.78, 5) is 0. The molecule has 1 atom stereocenters. The summed E-state index contributed by atoms with van der Waals surface area (Å²) < 4.78 is 0. The van der Waals surface area contributed by atoms with Crippen molar-refractivity contribution in [1.82, 2.24) is 5.32 Å². The molecule has 4 heteroatoms. The predicted molar refractivity (Wildman–Crippen MR) is 79.6 cm³/mol. The Bertz CT molecular complexity index is 528. The van der Waals surface area contributed by atoms with E-state index in [2.05, 4.69) is 5.32 Å². The summed E-state index contributed by atoms with van der Waals surface area (Å²) in [6, 6.07) is 14.8. The lowest BCUT2D eigenvalue weighted by Crippen LogP contribution is -2.21. The van der Waals surface area contributed by atoms with Crippen molar-refractivity contribution < 1.29 is 5.11 Å². The summed E-state index contributed by atoms with van der Waals surface area (Å²) >= 11 is 11.9. The van der Waals surface area contributed by atoms with Crippen LogP contribution in [0.25, 0.3) is 0 Å². The summed E-state index contributed by atoms with van der Waals surface area (Å²) in [5.41, 5.74) is 1.86. The Balaban J connectivity index is 1.86. The standard InChI is InChI=1S/C15H15Cl2NO/c16-13-7-5-11(6-8-13)15(19)10-18-9-12-3-1-2-4-14(12)17/h1-8,15,18-19H,9-10H2. The average molecular weight is 296 g/mol. The van der Waals surface area contributed by atoms with E-state index in [0.717, 1.165) is 16.1 Å². The monoisotopic (exact) mass is 295 g/mol. The van der Waals surface area contributed by atoms with Crippen LogP contribution in [0.1, 0.15) is 17.2 Å². The Labute approximate surface area is 123 Å². The van der Waals surface area contributed by atoms with Crippen LogP contribution in [0.4, 0.5) is 0 Å². The molecule has 0 amide bonds. The van der Waals surface area contributed by atoms with Crippen molar-refractivity contribution in [3.8, 4) is 0 Å². The lowest BCUT2D eigenvalue weighted by Gasteiger charge is -2.13. The molecule has 1 unspecified atom stereocenters. The van der Waals surface area contributed by atoms with Gasteiger partial charge in [-0.3, -0.25) is 0 Å². The minimum absolute atomic E-state index is 0.465. The van der Waals surface area contributed by atoms with Crippen molar-refractivity contribution >= 4 is 23.2 Å². The molecule has 0 aliphatic rings. The Morgan fingerprint density at radius 2 is 1.68 bits per heavy atom. The zero-order valence-corrected chi connectivity index (χ0v) is 11.8. The summed E-state index contributed by atoms with van der Waals surface area (Å²) in [7, 11) is 0. The van der Waals surface area contributed by atoms with Crippen LogP contribution in [0.15, 0.2) is 48.5 Å². The molecule has 19 heavy (non-hydrogen) atoms. The largest absolute Gasteiger partial charge is 0.387 e. The van der Waals surface area contributed by atoms with E-state index in [-0.39, 0.29) is 0 Å². The van der Waals surface area contributed by atoms with Gasteiger partial charge in [-0.05, 0) is 29.3 Å². The molecule has 100 valence electrons. The minimum Gasteiger partial charge on any atom is -0.387 e. The number of halogens is 2. The maximum atomic E-state index is 10.0. The molecule has 0 bridgehead atoms. The van der Waals surface area contributed by atoms with Crippen LogP contribution in [-0.2, 0) is 6.54 Å². The van der Waals surface area contributed by atoms with Crippen molar-refractivity contribution in [2.75, 3.05) is 6.54 Å². The normalized spacial score (nSPS) is 12.4. The molecule has 0 spiro atoms. The smallest absolute Gasteiger partial charge is 0.0914 e. The number of hydrogen-bond acceptors (Lipinski definition) is 2. The lowest BCUT2D eigenvalue weighted by atomic mass is 10.1. The van der Waals surface area contributed by atoms with Gasteiger partial charge in [0, 0.05) is 23.1 Å². The third-order valence-electron chi connectivity index (χ3n) is 2.87. The van der Waals surface area contributed by atoms with E-state index < -0.39 is 6.10 Å².